The number of rotatable bonds is 6. The number of fused-ring (bicyclic) bond motifs is 1. The SMILES string of the molecule is Cc1cc(C)c2nc(C3CC3)n(Cc3ccc(C(C(=O)O)C(C)C)cc3)c2n1. The zero-order valence-corrected chi connectivity index (χ0v) is 16.9. The molecule has 0 spiro atoms. The van der Waals surface area contributed by atoms with Crippen LogP contribution in [0, 0.1) is 19.8 Å². The average molecular weight is 377 g/mol. The number of carboxylic acid groups (broad SMARTS) is 1. The molecule has 2 heterocycles. The minimum Gasteiger partial charge on any atom is -0.481 e. The lowest BCUT2D eigenvalue weighted by atomic mass is 9.88. The third-order valence-electron chi connectivity index (χ3n) is 5.61. The first-order chi connectivity index (χ1) is 13.3. The second-order valence-corrected chi connectivity index (χ2v) is 8.38. The quantitative estimate of drug-likeness (QED) is 0.670. The molecule has 1 unspecified atom stereocenters. The highest BCUT2D eigenvalue weighted by Gasteiger charge is 2.30. The van der Waals surface area contributed by atoms with Crippen molar-refractivity contribution in [2.24, 2.45) is 5.92 Å². The third kappa shape index (κ3) is 3.41. The van der Waals surface area contributed by atoms with E-state index in [4.69, 9.17) is 9.97 Å². The van der Waals surface area contributed by atoms with E-state index >= 15 is 0 Å². The van der Waals surface area contributed by atoms with Gasteiger partial charge in [-0.05, 0) is 55.4 Å². The van der Waals surface area contributed by atoms with Crippen LogP contribution in [0.3, 0.4) is 0 Å². The molecule has 0 aliphatic heterocycles. The van der Waals surface area contributed by atoms with E-state index in [-0.39, 0.29) is 5.92 Å². The number of hydrogen-bond donors (Lipinski definition) is 1. The molecule has 1 atom stereocenters. The molecule has 0 amide bonds. The summed E-state index contributed by atoms with van der Waals surface area (Å²) in [6.45, 7) is 8.72. The fourth-order valence-electron chi connectivity index (χ4n) is 4.05. The van der Waals surface area contributed by atoms with Gasteiger partial charge in [0.05, 0.1) is 12.5 Å². The molecule has 1 fully saturated rings. The minimum absolute atomic E-state index is 0.0533. The van der Waals surface area contributed by atoms with Crippen molar-refractivity contribution in [3.63, 3.8) is 0 Å². The summed E-state index contributed by atoms with van der Waals surface area (Å²) in [6.07, 6.45) is 2.38. The van der Waals surface area contributed by atoms with Gasteiger partial charge in [-0.1, -0.05) is 38.1 Å². The molecule has 0 radical (unpaired) electrons. The molecular weight excluding hydrogens is 350 g/mol. The maximum absolute atomic E-state index is 11.6. The van der Waals surface area contributed by atoms with Gasteiger partial charge >= 0.3 is 5.97 Å². The Morgan fingerprint density at radius 1 is 1.18 bits per heavy atom. The average Bonchev–Trinajstić information content (AvgIpc) is 3.39. The molecule has 1 saturated carbocycles. The molecule has 0 saturated heterocycles. The predicted molar refractivity (Wildman–Crippen MR) is 110 cm³/mol. The smallest absolute Gasteiger partial charge is 0.311 e. The van der Waals surface area contributed by atoms with Crippen molar-refractivity contribution in [2.75, 3.05) is 0 Å². The van der Waals surface area contributed by atoms with Crippen molar-refractivity contribution in [1.82, 2.24) is 14.5 Å². The Hall–Kier alpha value is -2.69. The van der Waals surface area contributed by atoms with Gasteiger partial charge in [-0.25, -0.2) is 9.97 Å². The van der Waals surface area contributed by atoms with E-state index in [2.05, 4.69) is 17.6 Å². The molecule has 146 valence electrons. The van der Waals surface area contributed by atoms with Gasteiger partial charge in [0.1, 0.15) is 11.3 Å². The van der Waals surface area contributed by atoms with Crippen LogP contribution in [0.5, 0.6) is 0 Å². The van der Waals surface area contributed by atoms with Gasteiger partial charge in [0, 0.05) is 11.6 Å². The second kappa shape index (κ2) is 7.04. The molecule has 5 nitrogen and oxygen atoms in total. The molecule has 4 rings (SSSR count). The highest BCUT2D eigenvalue weighted by molar-refractivity contribution is 5.77. The summed E-state index contributed by atoms with van der Waals surface area (Å²) in [6, 6.07) is 10.1. The topological polar surface area (TPSA) is 68.0 Å². The van der Waals surface area contributed by atoms with Crippen LogP contribution in [0.2, 0.25) is 0 Å². The van der Waals surface area contributed by atoms with Crippen LogP contribution in [-0.2, 0) is 11.3 Å². The van der Waals surface area contributed by atoms with E-state index in [1.807, 2.05) is 45.0 Å². The summed E-state index contributed by atoms with van der Waals surface area (Å²) in [5.41, 5.74) is 6.11. The van der Waals surface area contributed by atoms with Gasteiger partial charge in [-0.2, -0.15) is 0 Å². The van der Waals surface area contributed by atoms with Gasteiger partial charge in [-0.3, -0.25) is 4.79 Å². The molecule has 1 aliphatic carbocycles. The molecule has 2 aromatic heterocycles. The number of hydrogen-bond acceptors (Lipinski definition) is 3. The predicted octanol–water partition coefficient (Wildman–Crippen LogP) is 4.80. The Kier molecular flexibility index (Phi) is 4.69. The number of imidazole rings is 1. The Labute approximate surface area is 165 Å². The first-order valence-corrected chi connectivity index (χ1v) is 10.0. The van der Waals surface area contributed by atoms with Crippen LogP contribution in [0.25, 0.3) is 11.2 Å². The molecule has 1 aliphatic rings. The van der Waals surface area contributed by atoms with E-state index in [0.717, 1.165) is 33.8 Å². The van der Waals surface area contributed by atoms with E-state index in [1.54, 1.807) is 0 Å². The van der Waals surface area contributed by atoms with E-state index < -0.39 is 11.9 Å². The molecule has 0 bridgehead atoms. The van der Waals surface area contributed by atoms with Gasteiger partial charge in [0.15, 0.2) is 5.65 Å². The lowest BCUT2D eigenvalue weighted by Crippen LogP contribution is -2.17. The number of pyridine rings is 1. The summed E-state index contributed by atoms with van der Waals surface area (Å²) in [4.78, 5) is 21.3. The standard InChI is InChI=1S/C23H27N3O2/c1-13(2)19(23(27)28)17-7-5-16(6-8-17)12-26-21(18-9-10-18)25-20-14(3)11-15(4)24-22(20)26/h5-8,11,13,18-19H,9-10,12H2,1-4H3,(H,27,28). The summed E-state index contributed by atoms with van der Waals surface area (Å²) < 4.78 is 2.25. The van der Waals surface area contributed by atoms with Crippen LogP contribution in [0.4, 0.5) is 0 Å². The maximum Gasteiger partial charge on any atom is 0.311 e. The summed E-state index contributed by atoms with van der Waals surface area (Å²) >= 11 is 0. The summed E-state index contributed by atoms with van der Waals surface area (Å²) in [5.74, 6) is 0.473. The lowest BCUT2D eigenvalue weighted by Gasteiger charge is -2.17. The number of carbonyl (C=O) groups is 1. The fraction of sp³-hybridized carbons (Fsp3) is 0.435. The number of nitrogens with zero attached hydrogens (tertiary/aromatic N) is 3. The molecule has 1 aromatic carbocycles. The van der Waals surface area contributed by atoms with Crippen molar-refractivity contribution < 1.29 is 9.90 Å². The molecule has 28 heavy (non-hydrogen) atoms. The van der Waals surface area contributed by atoms with Gasteiger partial charge < -0.3 is 9.67 Å². The van der Waals surface area contributed by atoms with Gasteiger partial charge in [0.25, 0.3) is 0 Å². The van der Waals surface area contributed by atoms with Crippen LogP contribution < -0.4 is 0 Å². The number of carboxylic acids is 1. The molecule has 5 heteroatoms. The molecule has 3 aromatic rings. The first-order valence-electron chi connectivity index (χ1n) is 10.0. The molecular formula is C23H27N3O2. The maximum atomic E-state index is 11.6. The van der Waals surface area contributed by atoms with Gasteiger partial charge in [-0.15, -0.1) is 0 Å². The van der Waals surface area contributed by atoms with E-state index in [0.29, 0.717) is 12.5 Å². The van der Waals surface area contributed by atoms with Crippen molar-refractivity contribution in [2.45, 2.75) is 58.9 Å². The minimum atomic E-state index is -0.769. The van der Waals surface area contributed by atoms with E-state index in [1.165, 1.54) is 18.4 Å². The Bertz CT molecular complexity index is 1030. The largest absolute Gasteiger partial charge is 0.481 e. The van der Waals surface area contributed by atoms with Crippen molar-refractivity contribution in [3.8, 4) is 0 Å². The fourth-order valence-corrected chi connectivity index (χ4v) is 4.05. The monoisotopic (exact) mass is 377 g/mol. The van der Waals surface area contributed by atoms with Crippen molar-refractivity contribution in [1.29, 1.82) is 0 Å². The zero-order valence-electron chi connectivity index (χ0n) is 16.9. The zero-order chi connectivity index (χ0) is 20.0. The van der Waals surface area contributed by atoms with Crippen LogP contribution in [-0.4, -0.2) is 25.6 Å². The number of aromatic nitrogens is 3. The highest BCUT2D eigenvalue weighted by Crippen LogP contribution is 2.41. The van der Waals surface area contributed by atoms with Crippen molar-refractivity contribution in [3.05, 3.63) is 58.5 Å². The Morgan fingerprint density at radius 2 is 1.86 bits per heavy atom. The normalized spacial score (nSPS) is 15.3. The van der Waals surface area contributed by atoms with E-state index in [9.17, 15) is 9.90 Å². The van der Waals surface area contributed by atoms with Crippen molar-refractivity contribution >= 4 is 17.1 Å². The van der Waals surface area contributed by atoms with Gasteiger partial charge in [0.2, 0.25) is 0 Å². The summed E-state index contributed by atoms with van der Waals surface area (Å²) in [7, 11) is 0. The summed E-state index contributed by atoms with van der Waals surface area (Å²) in [5, 5.41) is 9.53. The number of aliphatic carboxylic acids is 1. The highest BCUT2D eigenvalue weighted by atomic mass is 16.4. The Morgan fingerprint density at radius 3 is 2.43 bits per heavy atom. The molecule has 1 N–H and O–H groups in total. The van der Waals surface area contributed by atoms with Crippen LogP contribution in [0.15, 0.2) is 30.3 Å². The number of aryl methyl sites for hydroxylation is 2. The first kappa shape index (κ1) is 18.7. The number of benzene rings is 1. The van der Waals surface area contributed by atoms with Crippen LogP contribution >= 0.6 is 0 Å². The second-order valence-electron chi connectivity index (χ2n) is 8.38. The Balaban J connectivity index is 1.70. The third-order valence-corrected chi connectivity index (χ3v) is 5.61. The lowest BCUT2D eigenvalue weighted by molar-refractivity contribution is -0.139. The van der Waals surface area contributed by atoms with Crippen LogP contribution in [0.1, 0.15) is 66.7 Å².